The summed E-state index contributed by atoms with van der Waals surface area (Å²) in [6.45, 7) is 3.15. The van der Waals surface area contributed by atoms with Gasteiger partial charge in [-0.1, -0.05) is 0 Å². The number of allylic oxidation sites excluding steroid dienone is 1. The van der Waals surface area contributed by atoms with Crippen LogP contribution in [0.1, 0.15) is 39.2 Å². The van der Waals surface area contributed by atoms with E-state index in [0.29, 0.717) is 0 Å². The zero-order valence-corrected chi connectivity index (χ0v) is 13.8. The van der Waals surface area contributed by atoms with Gasteiger partial charge in [0.15, 0.2) is 5.78 Å². The Morgan fingerprint density at radius 2 is 2.04 bits per heavy atom. The largest absolute Gasteiger partial charge is 0.460 e. The number of ether oxygens (including phenoxy) is 1. The van der Waals surface area contributed by atoms with Gasteiger partial charge in [0.2, 0.25) is 5.76 Å². The van der Waals surface area contributed by atoms with Crippen molar-refractivity contribution < 1.29 is 31.9 Å². The minimum atomic E-state index is -4.60. The van der Waals surface area contributed by atoms with Gasteiger partial charge in [0.05, 0.1) is 18.1 Å². The summed E-state index contributed by atoms with van der Waals surface area (Å²) in [5, 5.41) is 0. The van der Waals surface area contributed by atoms with Crippen LogP contribution in [0.2, 0.25) is 0 Å². The summed E-state index contributed by atoms with van der Waals surface area (Å²) in [5.74, 6) is -3.88. The molecule has 5 nitrogen and oxygen atoms in total. The average Bonchev–Trinajstić information content (AvgIpc) is 2.78. The van der Waals surface area contributed by atoms with E-state index in [1.807, 2.05) is 0 Å². The van der Waals surface area contributed by atoms with Crippen LogP contribution >= 0.6 is 0 Å². The SMILES string of the molecule is CCOC(=O)c1oc2c(c1C)C(=O)C(=CN(C)C)C(C(F)(F)F)C2. The van der Waals surface area contributed by atoms with Gasteiger partial charge in [-0.3, -0.25) is 4.79 Å². The molecule has 0 saturated heterocycles. The second-order valence-corrected chi connectivity index (χ2v) is 5.75. The first-order valence-electron chi connectivity index (χ1n) is 7.36. The number of hydrogen-bond acceptors (Lipinski definition) is 5. The quantitative estimate of drug-likeness (QED) is 0.622. The van der Waals surface area contributed by atoms with E-state index >= 15 is 0 Å². The Morgan fingerprint density at radius 3 is 2.54 bits per heavy atom. The second kappa shape index (κ2) is 6.33. The van der Waals surface area contributed by atoms with Crippen LogP contribution in [-0.4, -0.2) is 43.5 Å². The van der Waals surface area contributed by atoms with Gasteiger partial charge in [0, 0.05) is 37.9 Å². The van der Waals surface area contributed by atoms with Crippen LogP contribution in [0.3, 0.4) is 0 Å². The van der Waals surface area contributed by atoms with E-state index in [0.717, 1.165) is 0 Å². The zero-order valence-electron chi connectivity index (χ0n) is 13.8. The Morgan fingerprint density at radius 1 is 1.42 bits per heavy atom. The van der Waals surface area contributed by atoms with E-state index in [9.17, 15) is 22.8 Å². The number of carbonyl (C=O) groups excluding carboxylic acids is 2. The van der Waals surface area contributed by atoms with Crippen molar-refractivity contribution in [3.8, 4) is 0 Å². The maximum Gasteiger partial charge on any atom is 0.396 e. The Hall–Kier alpha value is -2.25. The maximum absolute atomic E-state index is 13.4. The fourth-order valence-electron chi connectivity index (χ4n) is 2.72. The molecule has 132 valence electrons. The van der Waals surface area contributed by atoms with E-state index in [1.54, 1.807) is 6.92 Å². The molecule has 1 heterocycles. The lowest BCUT2D eigenvalue weighted by atomic mass is 9.81. The van der Waals surface area contributed by atoms with E-state index in [1.165, 1.54) is 32.1 Å². The third-order valence-corrected chi connectivity index (χ3v) is 3.73. The molecule has 0 bridgehead atoms. The molecule has 0 radical (unpaired) electrons. The van der Waals surface area contributed by atoms with Crippen molar-refractivity contribution in [1.82, 2.24) is 4.90 Å². The number of halogens is 3. The number of ketones is 1. The smallest absolute Gasteiger partial charge is 0.396 e. The number of alkyl halides is 3. The summed E-state index contributed by atoms with van der Waals surface area (Å²) in [5.41, 5.74) is -0.135. The number of fused-ring (bicyclic) bond motifs is 1. The van der Waals surface area contributed by atoms with Crippen molar-refractivity contribution in [2.24, 2.45) is 5.92 Å². The average molecular weight is 345 g/mol. The molecule has 1 aliphatic rings. The molecule has 1 aromatic rings. The van der Waals surface area contributed by atoms with Gasteiger partial charge in [-0.2, -0.15) is 13.2 Å². The van der Waals surface area contributed by atoms with Crippen molar-refractivity contribution >= 4 is 11.8 Å². The zero-order chi connectivity index (χ0) is 18.2. The highest BCUT2D eigenvalue weighted by Gasteiger charge is 2.49. The van der Waals surface area contributed by atoms with Crippen molar-refractivity contribution in [2.75, 3.05) is 20.7 Å². The Kier molecular flexibility index (Phi) is 4.77. The standard InChI is InChI=1S/C16H18F3NO4/c1-5-23-15(22)14-8(2)12-11(24-14)6-10(16(17,18)19)9(13(12)21)7-20(3)4/h7,10H,5-6H2,1-4H3. The molecule has 0 spiro atoms. The molecule has 0 saturated carbocycles. The van der Waals surface area contributed by atoms with Crippen LogP contribution in [0.15, 0.2) is 16.2 Å². The van der Waals surface area contributed by atoms with Crippen LogP contribution in [0.4, 0.5) is 13.2 Å². The molecule has 2 rings (SSSR count). The van der Waals surface area contributed by atoms with Crippen molar-refractivity contribution in [1.29, 1.82) is 0 Å². The van der Waals surface area contributed by atoms with E-state index in [4.69, 9.17) is 9.15 Å². The summed E-state index contributed by atoms with van der Waals surface area (Å²) in [6, 6.07) is 0. The van der Waals surface area contributed by atoms with Gasteiger partial charge in [-0.15, -0.1) is 0 Å². The van der Waals surface area contributed by atoms with Gasteiger partial charge in [0.1, 0.15) is 5.76 Å². The first kappa shape index (κ1) is 18.1. The molecule has 0 amide bonds. The minimum absolute atomic E-state index is 0.0200. The molecule has 0 aliphatic heterocycles. The van der Waals surface area contributed by atoms with Gasteiger partial charge >= 0.3 is 12.1 Å². The van der Waals surface area contributed by atoms with Crippen molar-refractivity contribution in [3.63, 3.8) is 0 Å². The normalized spacial score (nSPS) is 19.4. The van der Waals surface area contributed by atoms with Crippen LogP contribution in [-0.2, 0) is 11.2 Å². The monoisotopic (exact) mass is 345 g/mol. The van der Waals surface area contributed by atoms with E-state index in [2.05, 4.69) is 0 Å². The molecular weight excluding hydrogens is 327 g/mol. The fraction of sp³-hybridized carbons (Fsp3) is 0.500. The fourth-order valence-corrected chi connectivity index (χ4v) is 2.72. The highest BCUT2D eigenvalue weighted by molar-refractivity contribution is 6.13. The van der Waals surface area contributed by atoms with E-state index < -0.39 is 30.3 Å². The summed E-state index contributed by atoms with van der Waals surface area (Å²) in [4.78, 5) is 25.9. The third kappa shape index (κ3) is 3.18. The molecular formula is C16H18F3NO4. The van der Waals surface area contributed by atoms with Gasteiger partial charge in [0.25, 0.3) is 0 Å². The molecule has 1 aromatic heterocycles. The molecule has 8 heteroatoms. The van der Waals surface area contributed by atoms with E-state index in [-0.39, 0.29) is 34.8 Å². The summed E-state index contributed by atoms with van der Waals surface area (Å²) < 4.78 is 50.1. The van der Waals surface area contributed by atoms with Gasteiger partial charge in [-0.05, 0) is 13.8 Å². The number of esters is 1. The Bertz CT molecular complexity index is 701. The predicted molar refractivity (Wildman–Crippen MR) is 78.8 cm³/mol. The second-order valence-electron chi connectivity index (χ2n) is 5.75. The molecule has 1 unspecified atom stereocenters. The third-order valence-electron chi connectivity index (χ3n) is 3.73. The molecule has 0 aromatic carbocycles. The first-order valence-corrected chi connectivity index (χ1v) is 7.36. The Labute approximate surface area is 137 Å². The number of Topliss-reactive ketones (excluding diaryl/α,β-unsaturated/α-hetero) is 1. The van der Waals surface area contributed by atoms with Crippen molar-refractivity contribution in [3.05, 3.63) is 34.4 Å². The number of nitrogens with zero attached hydrogens (tertiary/aromatic N) is 1. The summed E-state index contributed by atoms with van der Waals surface area (Å²) >= 11 is 0. The van der Waals surface area contributed by atoms with Crippen LogP contribution in [0.25, 0.3) is 0 Å². The van der Waals surface area contributed by atoms with Crippen molar-refractivity contribution in [2.45, 2.75) is 26.4 Å². The minimum Gasteiger partial charge on any atom is -0.460 e. The molecule has 24 heavy (non-hydrogen) atoms. The number of furan rings is 1. The number of carbonyl (C=O) groups is 2. The lowest BCUT2D eigenvalue weighted by Gasteiger charge is -2.27. The van der Waals surface area contributed by atoms with Gasteiger partial charge < -0.3 is 14.1 Å². The number of hydrogen-bond donors (Lipinski definition) is 0. The van der Waals surface area contributed by atoms with Gasteiger partial charge in [-0.25, -0.2) is 4.79 Å². The van der Waals surface area contributed by atoms with Crippen LogP contribution < -0.4 is 0 Å². The topological polar surface area (TPSA) is 59.8 Å². The molecule has 0 N–H and O–H groups in total. The maximum atomic E-state index is 13.4. The van der Waals surface area contributed by atoms with Crippen LogP contribution in [0.5, 0.6) is 0 Å². The summed E-state index contributed by atoms with van der Waals surface area (Å²) in [6.07, 6.45) is -3.95. The Balaban J connectivity index is 2.58. The van der Waals surface area contributed by atoms with Crippen LogP contribution in [0, 0.1) is 12.8 Å². The number of rotatable bonds is 3. The predicted octanol–water partition coefficient (Wildman–Crippen LogP) is 3.13. The summed E-state index contributed by atoms with van der Waals surface area (Å²) in [7, 11) is 3.07. The molecule has 1 atom stereocenters. The molecule has 0 fully saturated rings. The highest BCUT2D eigenvalue weighted by atomic mass is 19.4. The lowest BCUT2D eigenvalue weighted by Crippen LogP contribution is -2.35. The highest BCUT2D eigenvalue weighted by Crippen LogP contribution is 2.42. The molecule has 1 aliphatic carbocycles. The first-order chi connectivity index (χ1) is 11.1. The lowest BCUT2D eigenvalue weighted by molar-refractivity contribution is -0.164.